The van der Waals surface area contributed by atoms with Gasteiger partial charge < -0.3 is 5.32 Å². The van der Waals surface area contributed by atoms with E-state index in [1.54, 1.807) is 7.05 Å². The van der Waals surface area contributed by atoms with Gasteiger partial charge in [0.05, 0.1) is 5.69 Å². The van der Waals surface area contributed by atoms with Crippen LogP contribution in [0, 0.1) is 11.6 Å². The molecule has 0 aliphatic carbocycles. The number of rotatable bonds is 3. The van der Waals surface area contributed by atoms with Crippen LogP contribution < -0.4 is 5.32 Å². The van der Waals surface area contributed by atoms with Crippen LogP contribution in [0.3, 0.4) is 0 Å². The summed E-state index contributed by atoms with van der Waals surface area (Å²) < 4.78 is 27.0. The maximum atomic E-state index is 13.8. The lowest BCUT2D eigenvalue weighted by Gasteiger charge is -2.11. The van der Waals surface area contributed by atoms with Crippen molar-refractivity contribution in [2.45, 2.75) is 13.3 Å². The molecule has 3 nitrogen and oxygen atoms in total. The highest BCUT2D eigenvalue weighted by atomic mass is 19.1. The third kappa shape index (κ3) is 2.16. The van der Waals surface area contributed by atoms with Gasteiger partial charge in [0.15, 0.2) is 0 Å². The molecule has 0 unspecified atom stereocenters. The molecule has 0 aliphatic heterocycles. The lowest BCUT2D eigenvalue weighted by Crippen LogP contribution is -2.03. The SMILES string of the molecule is CCc1c(NC)ncnc1-c1cc(F)ccc1F. The third-order valence-corrected chi connectivity index (χ3v) is 2.72. The Balaban J connectivity index is 2.66. The molecule has 0 saturated heterocycles. The fourth-order valence-corrected chi connectivity index (χ4v) is 1.87. The van der Waals surface area contributed by atoms with Crippen LogP contribution in [0.2, 0.25) is 0 Å². The van der Waals surface area contributed by atoms with E-state index in [2.05, 4.69) is 15.3 Å². The number of aromatic nitrogens is 2. The predicted molar refractivity (Wildman–Crippen MR) is 66.3 cm³/mol. The van der Waals surface area contributed by atoms with Crippen LogP contribution in [-0.2, 0) is 6.42 Å². The van der Waals surface area contributed by atoms with E-state index in [1.807, 2.05) is 6.92 Å². The lowest BCUT2D eigenvalue weighted by atomic mass is 10.0. The van der Waals surface area contributed by atoms with Crippen molar-refractivity contribution in [2.24, 2.45) is 0 Å². The number of halogens is 2. The Hall–Kier alpha value is -2.04. The highest BCUT2D eigenvalue weighted by Gasteiger charge is 2.14. The van der Waals surface area contributed by atoms with Gasteiger partial charge in [-0.05, 0) is 24.6 Å². The Morgan fingerprint density at radius 1 is 1.22 bits per heavy atom. The fraction of sp³-hybridized carbons (Fsp3) is 0.231. The van der Waals surface area contributed by atoms with Gasteiger partial charge in [-0.15, -0.1) is 0 Å². The molecule has 2 aromatic rings. The first kappa shape index (κ1) is 12.4. The Morgan fingerprint density at radius 3 is 2.67 bits per heavy atom. The number of anilines is 1. The van der Waals surface area contributed by atoms with Gasteiger partial charge >= 0.3 is 0 Å². The Morgan fingerprint density at radius 2 is 2.00 bits per heavy atom. The van der Waals surface area contributed by atoms with E-state index in [0.29, 0.717) is 17.9 Å². The Bertz CT molecular complexity index is 570. The van der Waals surface area contributed by atoms with Crippen molar-refractivity contribution in [1.29, 1.82) is 0 Å². The summed E-state index contributed by atoms with van der Waals surface area (Å²) in [6.45, 7) is 1.92. The van der Waals surface area contributed by atoms with Gasteiger partial charge in [0, 0.05) is 18.2 Å². The number of hydrogen-bond donors (Lipinski definition) is 1. The molecular formula is C13H13F2N3. The summed E-state index contributed by atoms with van der Waals surface area (Å²) in [6.07, 6.45) is 1.97. The number of hydrogen-bond acceptors (Lipinski definition) is 3. The summed E-state index contributed by atoms with van der Waals surface area (Å²) in [5.74, 6) is -0.351. The van der Waals surface area contributed by atoms with Crippen LogP contribution in [-0.4, -0.2) is 17.0 Å². The van der Waals surface area contributed by atoms with Crippen molar-refractivity contribution in [3.63, 3.8) is 0 Å². The monoisotopic (exact) mass is 249 g/mol. The molecule has 0 radical (unpaired) electrons. The van der Waals surface area contributed by atoms with Crippen LogP contribution >= 0.6 is 0 Å². The zero-order valence-corrected chi connectivity index (χ0v) is 10.2. The van der Waals surface area contributed by atoms with E-state index < -0.39 is 11.6 Å². The lowest BCUT2D eigenvalue weighted by molar-refractivity contribution is 0.602. The summed E-state index contributed by atoms with van der Waals surface area (Å²) >= 11 is 0. The minimum absolute atomic E-state index is 0.158. The second-order valence-corrected chi connectivity index (χ2v) is 3.78. The third-order valence-electron chi connectivity index (χ3n) is 2.72. The minimum atomic E-state index is -0.494. The highest BCUT2D eigenvalue weighted by Crippen LogP contribution is 2.28. The van der Waals surface area contributed by atoms with Crippen molar-refractivity contribution in [3.8, 4) is 11.3 Å². The first-order chi connectivity index (χ1) is 8.67. The molecule has 0 bridgehead atoms. The normalized spacial score (nSPS) is 10.4. The second kappa shape index (κ2) is 5.08. The highest BCUT2D eigenvalue weighted by molar-refractivity contribution is 5.68. The predicted octanol–water partition coefficient (Wildman–Crippen LogP) is 3.03. The van der Waals surface area contributed by atoms with Crippen LogP contribution in [0.25, 0.3) is 11.3 Å². The largest absolute Gasteiger partial charge is 0.373 e. The van der Waals surface area contributed by atoms with Gasteiger partial charge in [-0.2, -0.15) is 0 Å². The van der Waals surface area contributed by atoms with Crippen molar-refractivity contribution in [1.82, 2.24) is 9.97 Å². The van der Waals surface area contributed by atoms with Crippen molar-refractivity contribution >= 4 is 5.82 Å². The van der Waals surface area contributed by atoms with E-state index >= 15 is 0 Å². The topological polar surface area (TPSA) is 37.8 Å². The van der Waals surface area contributed by atoms with Gasteiger partial charge in [-0.1, -0.05) is 6.92 Å². The zero-order valence-electron chi connectivity index (χ0n) is 10.2. The smallest absolute Gasteiger partial charge is 0.132 e. The van der Waals surface area contributed by atoms with Gasteiger partial charge in [0.25, 0.3) is 0 Å². The van der Waals surface area contributed by atoms with Crippen LogP contribution in [0.4, 0.5) is 14.6 Å². The molecule has 1 aromatic carbocycles. The molecule has 0 saturated carbocycles. The second-order valence-electron chi connectivity index (χ2n) is 3.78. The van der Waals surface area contributed by atoms with Crippen molar-refractivity contribution < 1.29 is 8.78 Å². The first-order valence-corrected chi connectivity index (χ1v) is 5.64. The molecule has 18 heavy (non-hydrogen) atoms. The van der Waals surface area contributed by atoms with Gasteiger partial charge in [-0.3, -0.25) is 0 Å². The summed E-state index contributed by atoms with van der Waals surface area (Å²) in [5, 5.41) is 2.92. The van der Waals surface area contributed by atoms with E-state index in [1.165, 1.54) is 6.33 Å². The quantitative estimate of drug-likeness (QED) is 0.908. The standard InChI is InChI=1S/C13H13F2N3/c1-3-9-12(17-7-18-13(9)16-2)10-6-8(14)4-5-11(10)15/h4-7H,3H2,1-2H3,(H,16,17,18). The van der Waals surface area contributed by atoms with Gasteiger partial charge in [-0.25, -0.2) is 18.7 Å². The van der Waals surface area contributed by atoms with E-state index in [0.717, 1.165) is 23.8 Å². The molecular weight excluding hydrogens is 236 g/mol. The number of nitrogens with zero attached hydrogens (tertiary/aromatic N) is 2. The van der Waals surface area contributed by atoms with Crippen LogP contribution in [0.1, 0.15) is 12.5 Å². The van der Waals surface area contributed by atoms with Crippen molar-refractivity contribution in [2.75, 3.05) is 12.4 Å². The number of nitrogens with one attached hydrogen (secondary N) is 1. The van der Waals surface area contributed by atoms with E-state index in [9.17, 15) is 8.78 Å². The van der Waals surface area contributed by atoms with Crippen LogP contribution in [0.15, 0.2) is 24.5 Å². The summed E-state index contributed by atoms with van der Waals surface area (Å²) in [6, 6.07) is 3.34. The minimum Gasteiger partial charge on any atom is -0.373 e. The van der Waals surface area contributed by atoms with Crippen molar-refractivity contribution in [3.05, 3.63) is 41.7 Å². The summed E-state index contributed by atoms with van der Waals surface area (Å²) in [7, 11) is 1.73. The molecule has 0 fully saturated rings. The molecule has 1 N–H and O–H groups in total. The average molecular weight is 249 g/mol. The Kier molecular flexibility index (Phi) is 3.50. The molecule has 0 aliphatic rings. The van der Waals surface area contributed by atoms with E-state index in [-0.39, 0.29) is 5.56 Å². The maximum Gasteiger partial charge on any atom is 0.132 e. The average Bonchev–Trinajstić information content (AvgIpc) is 2.40. The van der Waals surface area contributed by atoms with Gasteiger partial charge in [0.1, 0.15) is 23.8 Å². The molecule has 2 rings (SSSR count). The molecule has 5 heteroatoms. The molecule has 0 spiro atoms. The van der Waals surface area contributed by atoms with Gasteiger partial charge in [0.2, 0.25) is 0 Å². The molecule has 0 amide bonds. The van der Waals surface area contributed by atoms with Crippen LogP contribution in [0.5, 0.6) is 0 Å². The Labute approximate surface area is 104 Å². The molecule has 1 aromatic heterocycles. The molecule has 1 heterocycles. The van der Waals surface area contributed by atoms with E-state index in [4.69, 9.17) is 0 Å². The fourth-order valence-electron chi connectivity index (χ4n) is 1.87. The zero-order chi connectivity index (χ0) is 13.1. The molecule has 0 atom stereocenters. The number of benzene rings is 1. The first-order valence-electron chi connectivity index (χ1n) is 5.64. The molecule has 94 valence electrons. The maximum absolute atomic E-state index is 13.8. The summed E-state index contributed by atoms with van der Waals surface area (Å²) in [4.78, 5) is 8.14. The summed E-state index contributed by atoms with van der Waals surface area (Å²) in [5.41, 5.74) is 1.35.